The molecule has 0 radical (unpaired) electrons. The summed E-state index contributed by atoms with van der Waals surface area (Å²) in [5.41, 5.74) is 0. The Balaban J connectivity index is 0.000000720. The quantitative estimate of drug-likeness (QED) is 0.672. The highest BCUT2D eigenvalue weighted by atomic mass is 35.5. The van der Waals surface area contributed by atoms with Gasteiger partial charge in [-0.3, -0.25) is 4.90 Å². The molecule has 2 heterocycles. The van der Waals surface area contributed by atoms with Crippen molar-refractivity contribution in [1.82, 2.24) is 10.2 Å². The summed E-state index contributed by atoms with van der Waals surface area (Å²) >= 11 is 0. The predicted octanol–water partition coefficient (Wildman–Crippen LogP) is 0.101. The minimum Gasteiger partial charge on any atom is -0.380 e. The van der Waals surface area contributed by atoms with Crippen LogP contribution in [0.15, 0.2) is 0 Å². The average Bonchev–Trinajstić information content (AvgIpc) is 2.37. The highest BCUT2D eigenvalue weighted by Crippen LogP contribution is 2.18. The van der Waals surface area contributed by atoms with Crippen molar-refractivity contribution in [2.75, 3.05) is 33.4 Å². The Morgan fingerprint density at radius 1 is 1.42 bits per heavy atom. The van der Waals surface area contributed by atoms with Crippen LogP contribution in [0.3, 0.4) is 0 Å². The van der Waals surface area contributed by atoms with Gasteiger partial charge < -0.3 is 10.1 Å². The van der Waals surface area contributed by atoms with Gasteiger partial charge in [-0.1, -0.05) is 0 Å². The van der Waals surface area contributed by atoms with Crippen LogP contribution in [-0.2, 0) is 4.74 Å². The largest absolute Gasteiger partial charge is 0.380 e. The van der Waals surface area contributed by atoms with Crippen molar-refractivity contribution in [2.24, 2.45) is 0 Å². The number of nitrogens with zero attached hydrogens (tertiary/aromatic N) is 1. The lowest BCUT2D eigenvalue weighted by molar-refractivity contribution is 0.0683. The molecule has 1 N–H and O–H groups in total. The van der Waals surface area contributed by atoms with Crippen molar-refractivity contribution >= 4 is 12.4 Å². The summed E-state index contributed by atoms with van der Waals surface area (Å²) in [6.07, 6.45) is 1.23. The summed E-state index contributed by atoms with van der Waals surface area (Å²) in [5, 5.41) is 3.27. The average molecular weight is 193 g/mol. The van der Waals surface area contributed by atoms with Crippen LogP contribution in [0, 0.1) is 0 Å². The number of likely N-dealkylation sites (N-methyl/N-ethyl adjacent to an activating group) is 1. The van der Waals surface area contributed by atoms with Gasteiger partial charge in [0.05, 0.1) is 6.61 Å². The number of nitrogens with one attached hydrogen (secondary N) is 1. The molecule has 12 heavy (non-hydrogen) atoms. The smallest absolute Gasteiger partial charge is 0.0622 e. The van der Waals surface area contributed by atoms with Crippen molar-refractivity contribution in [1.29, 1.82) is 0 Å². The Kier molecular flexibility index (Phi) is 3.77. The van der Waals surface area contributed by atoms with E-state index in [9.17, 15) is 0 Å². The summed E-state index contributed by atoms with van der Waals surface area (Å²) in [4.78, 5) is 2.51. The number of hydrogen-bond donors (Lipinski definition) is 1. The number of hydrogen-bond acceptors (Lipinski definition) is 3. The molecular formula is C8H17ClN2O. The third-order valence-electron chi connectivity index (χ3n) is 2.74. The van der Waals surface area contributed by atoms with Gasteiger partial charge in [-0.05, 0) is 13.5 Å². The van der Waals surface area contributed by atoms with Gasteiger partial charge >= 0.3 is 0 Å². The van der Waals surface area contributed by atoms with E-state index in [1.54, 1.807) is 0 Å². The summed E-state index contributed by atoms with van der Waals surface area (Å²) in [6.45, 7) is 4.34. The second kappa shape index (κ2) is 4.42. The van der Waals surface area contributed by atoms with E-state index in [4.69, 9.17) is 4.74 Å². The van der Waals surface area contributed by atoms with Crippen LogP contribution < -0.4 is 5.32 Å². The molecule has 2 aliphatic rings. The van der Waals surface area contributed by atoms with E-state index in [0.717, 1.165) is 25.3 Å². The van der Waals surface area contributed by atoms with Crippen molar-refractivity contribution in [2.45, 2.75) is 18.5 Å². The van der Waals surface area contributed by atoms with Gasteiger partial charge in [-0.25, -0.2) is 0 Å². The topological polar surface area (TPSA) is 24.5 Å². The van der Waals surface area contributed by atoms with Crippen LogP contribution in [0.5, 0.6) is 0 Å². The summed E-state index contributed by atoms with van der Waals surface area (Å²) in [7, 11) is 2.03. The SMILES string of the molecule is CNC1CN(C2CCOC2)C1.Cl. The van der Waals surface area contributed by atoms with Crippen LogP contribution in [0.2, 0.25) is 0 Å². The third kappa shape index (κ3) is 1.91. The van der Waals surface area contributed by atoms with Crippen LogP contribution in [0.25, 0.3) is 0 Å². The maximum absolute atomic E-state index is 5.32. The third-order valence-corrected chi connectivity index (χ3v) is 2.74. The van der Waals surface area contributed by atoms with E-state index in [1.807, 2.05) is 7.05 Å². The standard InChI is InChI=1S/C8H16N2O.ClH/c1-9-7-4-10(5-7)8-2-3-11-6-8;/h7-9H,2-6H2,1H3;1H. The fraction of sp³-hybridized carbons (Fsp3) is 1.00. The molecule has 72 valence electrons. The zero-order valence-electron chi connectivity index (χ0n) is 7.45. The molecule has 0 saturated carbocycles. The van der Waals surface area contributed by atoms with Crippen LogP contribution in [0.1, 0.15) is 6.42 Å². The molecule has 2 fully saturated rings. The van der Waals surface area contributed by atoms with Crippen molar-refractivity contribution in [3.8, 4) is 0 Å². The fourth-order valence-electron chi connectivity index (χ4n) is 1.80. The van der Waals surface area contributed by atoms with Gasteiger partial charge in [0, 0.05) is 31.8 Å². The molecule has 2 saturated heterocycles. The lowest BCUT2D eigenvalue weighted by Gasteiger charge is -2.42. The van der Waals surface area contributed by atoms with E-state index in [2.05, 4.69) is 10.2 Å². The molecule has 0 bridgehead atoms. The van der Waals surface area contributed by atoms with Crippen LogP contribution in [-0.4, -0.2) is 50.3 Å². The maximum atomic E-state index is 5.32. The van der Waals surface area contributed by atoms with E-state index >= 15 is 0 Å². The summed E-state index contributed by atoms with van der Waals surface area (Å²) in [6, 6.07) is 1.45. The molecule has 0 aliphatic carbocycles. The molecule has 2 rings (SSSR count). The molecule has 0 aromatic rings. The van der Waals surface area contributed by atoms with Gasteiger partial charge in [-0.15, -0.1) is 12.4 Å². The lowest BCUT2D eigenvalue weighted by atomic mass is 10.1. The molecule has 2 aliphatic heterocycles. The van der Waals surface area contributed by atoms with E-state index in [-0.39, 0.29) is 12.4 Å². The molecule has 0 aromatic heterocycles. The maximum Gasteiger partial charge on any atom is 0.0622 e. The van der Waals surface area contributed by atoms with E-state index in [0.29, 0.717) is 0 Å². The van der Waals surface area contributed by atoms with Gasteiger partial charge in [0.2, 0.25) is 0 Å². The van der Waals surface area contributed by atoms with Gasteiger partial charge in [-0.2, -0.15) is 0 Å². The second-order valence-electron chi connectivity index (χ2n) is 3.46. The Hall–Kier alpha value is 0.170. The van der Waals surface area contributed by atoms with Gasteiger partial charge in [0.15, 0.2) is 0 Å². The zero-order chi connectivity index (χ0) is 7.68. The monoisotopic (exact) mass is 192 g/mol. The minimum absolute atomic E-state index is 0. The molecular weight excluding hydrogens is 176 g/mol. The normalized spacial score (nSPS) is 31.2. The fourth-order valence-corrected chi connectivity index (χ4v) is 1.80. The van der Waals surface area contributed by atoms with Gasteiger partial charge in [0.25, 0.3) is 0 Å². The molecule has 1 unspecified atom stereocenters. The Bertz CT molecular complexity index is 133. The molecule has 0 spiro atoms. The minimum atomic E-state index is 0. The Morgan fingerprint density at radius 2 is 2.17 bits per heavy atom. The predicted molar refractivity (Wildman–Crippen MR) is 50.9 cm³/mol. The highest BCUT2D eigenvalue weighted by Gasteiger charge is 2.32. The first-order chi connectivity index (χ1) is 5.40. The first kappa shape index (κ1) is 10.3. The lowest BCUT2D eigenvalue weighted by Crippen LogP contribution is -2.60. The van der Waals surface area contributed by atoms with Crippen molar-refractivity contribution < 1.29 is 4.74 Å². The molecule has 0 amide bonds. The van der Waals surface area contributed by atoms with E-state index < -0.39 is 0 Å². The van der Waals surface area contributed by atoms with Crippen LogP contribution in [0.4, 0.5) is 0 Å². The number of ether oxygens (including phenoxy) is 1. The number of rotatable bonds is 2. The molecule has 3 nitrogen and oxygen atoms in total. The summed E-state index contributed by atoms with van der Waals surface area (Å²) < 4.78 is 5.32. The molecule has 0 aromatic carbocycles. The first-order valence-electron chi connectivity index (χ1n) is 4.39. The Labute approximate surface area is 79.9 Å². The van der Waals surface area contributed by atoms with E-state index in [1.165, 1.54) is 19.5 Å². The first-order valence-corrected chi connectivity index (χ1v) is 4.39. The molecule has 4 heteroatoms. The number of likely N-dealkylation sites (tertiary alicyclic amines) is 1. The Morgan fingerprint density at radius 3 is 2.67 bits per heavy atom. The molecule has 1 atom stereocenters. The second-order valence-corrected chi connectivity index (χ2v) is 3.46. The van der Waals surface area contributed by atoms with Crippen molar-refractivity contribution in [3.05, 3.63) is 0 Å². The highest BCUT2D eigenvalue weighted by molar-refractivity contribution is 5.85. The van der Waals surface area contributed by atoms with Crippen LogP contribution >= 0.6 is 12.4 Å². The number of halogens is 1. The summed E-state index contributed by atoms with van der Waals surface area (Å²) in [5.74, 6) is 0. The zero-order valence-corrected chi connectivity index (χ0v) is 8.27. The van der Waals surface area contributed by atoms with Gasteiger partial charge in [0.1, 0.15) is 0 Å². The van der Waals surface area contributed by atoms with Crippen molar-refractivity contribution in [3.63, 3.8) is 0 Å².